The van der Waals surface area contributed by atoms with Crippen LogP contribution in [0.3, 0.4) is 0 Å². The summed E-state index contributed by atoms with van der Waals surface area (Å²) in [6.07, 6.45) is 3.21. The Bertz CT molecular complexity index is 617. The quantitative estimate of drug-likeness (QED) is 0.840. The van der Waals surface area contributed by atoms with Gasteiger partial charge in [-0.05, 0) is 19.1 Å². The minimum atomic E-state index is -0.454. The molecule has 3 rings (SSSR count). The van der Waals surface area contributed by atoms with Crippen molar-refractivity contribution in [1.29, 1.82) is 0 Å². The van der Waals surface area contributed by atoms with E-state index in [9.17, 15) is 4.39 Å². The predicted octanol–water partition coefficient (Wildman–Crippen LogP) is 1.31. The van der Waals surface area contributed by atoms with Crippen molar-refractivity contribution in [1.82, 2.24) is 15.0 Å². The Morgan fingerprint density at radius 3 is 2.67 bits per heavy atom. The number of nitrogen functional groups attached to an aromatic ring is 1. The average Bonchev–Trinajstić information content (AvgIpc) is 2.48. The van der Waals surface area contributed by atoms with Gasteiger partial charge in [-0.2, -0.15) is 4.39 Å². The maximum Gasteiger partial charge on any atom is 0.225 e. The molecule has 3 heterocycles. The SMILES string of the molecule is C[C@H]1CN(c2cccc(F)n2)CCN1c1ncc(N)cn1. The highest BCUT2D eigenvalue weighted by Gasteiger charge is 2.26. The number of halogens is 1. The van der Waals surface area contributed by atoms with Gasteiger partial charge in [0.1, 0.15) is 5.82 Å². The molecule has 0 amide bonds. The van der Waals surface area contributed by atoms with E-state index in [0.717, 1.165) is 19.6 Å². The number of nitrogens with two attached hydrogens (primary N) is 1. The zero-order chi connectivity index (χ0) is 14.8. The van der Waals surface area contributed by atoms with Gasteiger partial charge < -0.3 is 15.5 Å². The molecule has 0 aromatic carbocycles. The van der Waals surface area contributed by atoms with Gasteiger partial charge in [-0.15, -0.1) is 0 Å². The van der Waals surface area contributed by atoms with E-state index in [1.807, 2.05) is 6.07 Å². The Balaban J connectivity index is 1.73. The molecule has 2 aromatic rings. The van der Waals surface area contributed by atoms with Gasteiger partial charge in [-0.25, -0.2) is 15.0 Å². The zero-order valence-corrected chi connectivity index (χ0v) is 11.8. The first-order chi connectivity index (χ1) is 10.1. The molecule has 0 unspecified atom stereocenters. The molecule has 1 fully saturated rings. The van der Waals surface area contributed by atoms with Gasteiger partial charge in [0.15, 0.2) is 0 Å². The maximum absolute atomic E-state index is 13.2. The molecule has 1 saturated heterocycles. The Labute approximate surface area is 122 Å². The summed E-state index contributed by atoms with van der Waals surface area (Å²) in [4.78, 5) is 16.6. The monoisotopic (exact) mass is 288 g/mol. The topological polar surface area (TPSA) is 71.2 Å². The average molecular weight is 288 g/mol. The molecule has 2 N–H and O–H groups in total. The predicted molar refractivity (Wildman–Crippen MR) is 79.7 cm³/mol. The highest BCUT2D eigenvalue weighted by molar-refractivity contribution is 5.44. The van der Waals surface area contributed by atoms with E-state index in [0.29, 0.717) is 17.5 Å². The fourth-order valence-electron chi connectivity index (χ4n) is 2.52. The Hall–Kier alpha value is -2.44. The number of piperazine rings is 1. The van der Waals surface area contributed by atoms with Crippen molar-refractivity contribution in [2.45, 2.75) is 13.0 Å². The third-order valence-electron chi connectivity index (χ3n) is 3.57. The summed E-state index contributed by atoms with van der Waals surface area (Å²) in [5.41, 5.74) is 6.16. The third-order valence-corrected chi connectivity index (χ3v) is 3.57. The summed E-state index contributed by atoms with van der Waals surface area (Å²) in [6, 6.07) is 5.06. The van der Waals surface area contributed by atoms with Gasteiger partial charge in [0, 0.05) is 25.7 Å². The number of nitrogens with zero attached hydrogens (tertiary/aromatic N) is 5. The second-order valence-corrected chi connectivity index (χ2v) is 5.12. The molecular formula is C14H17FN6. The van der Waals surface area contributed by atoms with Crippen molar-refractivity contribution in [3.8, 4) is 0 Å². The fraction of sp³-hybridized carbons (Fsp3) is 0.357. The maximum atomic E-state index is 13.2. The van der Waals surface area contributed by atoms with Crippen molar-refractivity contribution in [3.63, 3.8) is 0 Å². The zero-order valence-electron chi connectivity index (χ0n) is 11.8. The molecule has 0 spiro atoms. The first kappa shape index (κ1) is 13.5. The van der Waals surface area contributed by atoms with E-state index in [1.165, 1.54) is 6.07 Å². The van der Waals surface area contributed by atoms with Crippen LogP contribution in [0, 0.1) is 5.95 Å². The largest absolute Gasteiger partial charge is 0.396 e. The first-order valence-electron chi connectivity index (χ1n) is 6.85. The van der Waals surface area contributed by atoms with Gasteiger partial charge in [0.05, 0.1) is 18.1 Å². The lowest BCUT2D eigenvalue weighted by molar-refractivity contribution is 0.529. The van der Waals surface area contributed by atoms with Crippen LogP contribution in [-0.4, -0.2) is 40.6 Å². The van der Waals surface area contributed by atoms with Crippen LogP contribution in [0.25, 0.3) is 0 Å². The van der Waals surface area contributed by atoms with Crippen LogP contribution < -0.4 is 15.5 Å². The number of anilines is 3. The molecule has 1 aliphatic rings. The highest BCUT2D eigenvalue weighted by Crippen LogP contribution is 2.20. The summed E-state index contributed by atoms with van der Waals surface area (Å²) in [5.74, 6) is 0.882. The summed E-state index contributed by atoms with van der Waals surface area (Å²) < 4.78 is 13.2. The van der Waals surface area contributed by atoms with Gasteiger partial charge >= 0.3 is 0 Å². The third kappa shape index (κ3) is 2.86. The lowest BCUT2D eigenvalue weighted by Gasteiger charge is -2.40. The minimum absolute atomic E-state index is 0.201. The molecule has 7 heteroatoms. The summed E-state index contributed by atoms with van der Waals surface area (Å²) in [7, 11) is 0. The highest BCUT2D eigenvalue weighted by atomic mass is 19.1. The van der Waals surface area contributed by atoms with Crippen LogP contribution in [-0.2, 0) is 0 Å². The molecule has 0 radical (unpaired) electrons. The number of rotatable bonds is 2. The Morgan fingerprint density at radius 2 is 2.00 bits per heavy atom. The van der Waals surface area contributed by atoms with Crippen LogP contribution >= 0.6 is 0 Å². The van der Waals surface area contributed by atoms with Crippen LogP contribution in [0.2, 0.25) is 0 Å². The first-order valence-corrected chi connectivity index (χ1v) is 6.85. The Kier molecular flexibility index (Phi) is 3.55. The Morgan fingerprint density at radius 1 is 1.24 bits per heavy atom. The minimum Gasteiger partial charge on any atom is -0.396 e. The molecule has 0 bridgehead atoms. The molecule has 2 aromatic heterocycles. The van der Waals surface area contributed by atoms with E-state index >= 15 is 0 Å². The van der Waals surface area contributed by atoms with Gasteiger partial charge in [0.2, 0.25) is 11.9 Å². The van der Waals surface area contributed by atoms with Crippen molar-refractivity contribution < 1.29 is 4.39 Å². The lowest BCUT2D eigenvalue weighted by atomic mass is 10.2. The standard InChI is InChI=1S/C14H17FN6/c1-10-9-20(13-4-2-3-12(15)19-13)5-6-21(10)14-17-7-11(16)8-18-14/h2-4,7-8,10H,5-6,9,16H2,1H3/t10-/m0/s1. The molecule has 0 aliphatic carbocycles. The number of aromatic nitrogens is 3. The second kappa shape index (κ2) is 5.51. The van der Waals surface area contributed by atoms with Crippen molar-refractivity contribution in [3.05, 3.63) is 36.5 Å². The molecule has 1 atom stereocenters. The van der Waals surface area contributed by atoms with Crippen LogP contribution in [0.1, 0.15) is 6.92 Å². The number of pyridine rings is 1. The summed E-state index contributed by atoms with van der Waals surface area (Å²) in [6.45, 7) is 4.33. The number of hydrogen-bond acceptors (Lipinski definition) is 6. The van der Waals surface area contributed by atoms with Crippen LogP contribution in [0.5, 0.6) is 0 Å². The molecule has 1 aliphatic heterocycles. The smallest absolute Gasteiger partial charge is 0.225 e. The summed E-state index contributed by atoms with van der Waals surface area (Å²) >= 11 is 0. The lowest BCUT2D eigenvalue weighted by Crippen LogP contribution is -2.53. The fourth-order valence-corrected chi connectivity index (χ4v) is 2.52. The van der Waals surface area contributed by atoms with E-state index in [-0.39, 0.29) is 6.04 Å². The van der Waals surface area contributed by atoms with E-state index in [1.54, 1.807) is 18.5 Å². The van der Waals surface area contributed by atoms with E-state index in [4.69, 9.17) is 5.73 Å². The van der Waals surface area contributed by atoms with Crippen molar-refractivity contribution >= 4 is 17.5 Å². The van der Waals surface area contributed by atoms with E-state index < -0.39 is 5.95 Å². The molecule has 21 heavy (non-hydrogen) atoms. The van der Waals surface area contributed by atoms with Gasteiger partial charge in [-0.1, -0.05) is 6.07 Å². The van der Waals surface area contributed by atoms with Crippen molar-refractivity contribution in [2.24, 2.45) is 0 Å². The molecule has 0 saturated carbocycles. The van der Waals surface area contributed by atoms with Crippen LogP contribution in [0.15, 0.2) is 30.6 Å². The van der Waals surface area contributed by atoms with E-state index in [2.05, 4.69) is 31.7 Å². The molecule has 6 nitrogen and oxygen atoms in total. The number of hydrogen-bond donors (Lipinski definition) is 1. The molecule has 110 valence electrons. The van der Waals surface area contributed by atoms with Crippen LogP contribution in [0.4, 0.5) is 21.8 Å². The second-order valence-electron chi connectivity index (χ2n) is 5.12. The van der Waals surface area contributed by atoms with Gasteiger partial charge in [0.25, 0.3) is 0 Å². The summed E-state index contributed by atoms with van der Waals surface area (Å²) in [5, 5.41) is 0. The van der Waals surface area contributed by atoms with Crippen molar-refractivity contribution in [2.75, 3.05) is 35.2 Å². The molecular weight excluding hydrogens is 271 g/mol. The van der Waals surface area contributed by atoms with Gasteiger partial charge in [-0.3, -0.25) is 0 Å². The normalized spacial score (nSPS) is 18.9.